The van der Waals surface area contributed by atoms with Crippen molar-refractivity contribution >= 4 is 17.7 Å². The first-order chi connectivity index (χ1) is 11.5. The summed E-state index contributed by atoms with van der Waals surface area (Å²) in [6.07, 6.45) is 0.581. The number of carbonyl (C=O) groups is 3. The molecule has 1 aromatic carbocycles. The van der Waals surface area contributed by atoms with E-state index in [2.05, 4.69) is 13.8 Å². The van der Waals surface area contributed by atoms with Gasteiger partial charge in [-0.15, -0.1) is 0 Å². The third-order valence-corrected chi connectivity index (χ3v) is 4.58. The quantitative estimate of drug-likeness (QED) is 0.768. The number of imide groups is 1. The van der Waals surface area contributed by atoms with Crippen molar-refractivity contribution in [3.05, 3.63) is 29.8 Å². The molecule has 0 unspecified atom stereocenters. The molecule has 0 saturated carbocycles. The number of carbonyl (C=O) groups excluding carboxylic acids is 3. The maximum atomic E-state index is 12.1. The third kappa shape index (κ3) is 3.27. The van der Waals surface area contributed by atoms with Gasteiger partial charge in [-0.05, 0) is 23.6 Å². The molecule has 0 aromatic heterocycles. The van der Waals surface area contributed by atoms with Gasteiger partial charge in [0.1, 0.15) is 5.75 Å². The van der Waals surface area contributed by atoms with Crippen molar-refractivity contribution in [2.75, 3.05) is 19.7 Å². The van der Waals surface area contributed by atoms with E-state index in [0.29, 0.717) is 37.6 Å². The molecule has 1 aromatic rings. The molecule has 0 N–H and O–H groups in total. The summed E-state index contributed by atoms with van der Waals surface area (Å²) in [6, 6.07) is 7.55. The lowest BCUT2D eigenvalue weighted by Gasteiger charge is -2.42. The Morgan fingerprint density at radius 1 is 1.12 bits per heavy atom. The molecule has 0 atom stereocenters. The topological polar surface area (TPSA) is 66.9 Å². The molecule has 24 heavy (non-hydrogen) atoms. The zero-order valence-electron chi connectivity index (χ0n) is 14.0. The second kappa shape index (κ2) is 6.63. The van der Waals surface area contributed by atoms with E-state index in [0.717, 1.165) is 0 Å². The van der Waals surface area contributed by atoms with Crippen LogP contribution in [0.1, 0.15) is 38.2 Å². The highest BCUT2D eigenvalue weighted by atomic mass is 16.5. The van der Waals surface area contributed by atoms with Gasteiger partial charge in [-0.3, -0.25) is 19.3 Å². The fraction of sp³-hybridized carbons (Fsp3) is 0.500. The van der Waals surface area contributed by atoms with Crippen molar-refractivity contribution in [3.8, 4) is 5.75 Å². The summed E-state index contributed by atoms with van der Waals surface area (Å²) >= 11 is 0. The lowest BCUT2D eigenvalue weighted by atomic mass is 10.0. The van der Waals surface area contributed by atoms with Gasteiger partial charge in [-0.1, -0.05) is 26.0 Å². The van der Waals surface area contributed by atoms with Gasteiger partial charge < -0.3 is 9.64 Å². The van der Waals surface area contributed by atoms with Gasteiger partial charge in [0.2, 0.25) is 11.8 Å². The molecule has 6 nitrogen and oxygen atoms in total. The number of ether oxygens (including phenoxy) is 1. The number of nitrogens with zero attached hydrogens (tertiary/aromatic N) is 2. The first-order valence-electron chi connectivity index (χ1n) is 8.31. The minimum atomic E-state index is -0.165. The molecule has 0 bridgehead atoms. The third-order valence-electron chi connectivity index (χ3n) is 4.58. The summed E-state index contributed by atoms with van der Waals surface area (Å²) in [5.41, 5.74) is 1.22. The highest BCUT2D eigenvalue weighted by Crippen LogP contribution is 2.23. The Bertz CT molecular complexity index is 631. The first-order valence-corrected chi connectivity index (χ1v) is 8.31. The average Bonchev–Trinajstić information content (AvgIpc) is 2.84. The van der Waals surface area contributed by atoms with Crippen molar-refractivity contribution in [1.82, 2.24) is 9.80 Å². The van der Waals surface area contributed by atoms with Crippen LogP contribution in [0.2, 0.25) is 0 Å². The second-order valence-corrected chi connectivity index (χ2v) is 6.62. The fourth-order valence-corrected chi connectivity index (χ4v) is 3.01. The molecule has 2 aliphatic heterocycles. The van der Waals surface area contributed by atoms with E-state index in [4.69, 9.17) is 4.74 Å². The maximum Gasteiger partial charge on any atom is 0.260 e. The van der Waals surface area contributed by atoms with Gasteiger partial charge >= 0.3 is 0 Å². The van der Waals surface area contributed by atoms with Crippen LogP contribution in [0.25, 0.3) is 0 Å². The van der Waals surface area contributed by atoms with E-state index in [1.807, 2.05) is 24.3 Å². The zero-order chi connectivity index (χ0) is 17.3. The summed E-state index contributed by atoms with van der Waals surface area (Å²) in [4.78, 5) is 38.4. The van der Waals surface area contributed by atoms with E-state index < -0.39 is 0 Å². The SMILES string of the molecule is CC(C)c1ccc(OCC(=O)N2CC(N3C(=O)CCC3=O)C2)cc1. The number of rotatable bonds is 5. The lowest BCUT2D eigenvalue weighted by Crippen LogP contribution is -2.62. The molecule has 128 valence electrons. The molecule has 2 aliphatic rings. The van der Waals surface area contributed by atoms with Gasteiger partial charge in [-0.25, -0.2) is 0 Å². The second-order valence-electron chi connectivity index (χ2n) is 6.62. The van der Waals surface area contributed by atoms with Gasteiger partial charge in [0.05, 0.1) is 6.04 Å². The van der Waals surface area contributed by atoms with E-state index in [9.17, 15) is 14.4 Å². The number of amides is 3. The van der Waals surface area contributed by atoms with Crippen LogP contribution in [0.3, 0.4) is 0 Å². The Balaban J connectivity index is 1.45. The molecule has 0 aliphatic carbocycles. The zero-order valence-corrected chi connectivity index (χ0v) is 14.0. The molecular weight excluding hydrogens is 308 g/mol. The Labute approximate surface area is 141 Å². The van der Waals surface area contributed by atoms with E-state index in [-0.39, 0.29) is 30.4 Å². The molecule has 3 rings (SSSR count). The maximum absolute atomic E-state index is 12.1. The molecule has 0 radical (unpaired) electrons. The Morgan fingerprint density at radius 3 is 2.25 bits per heavy atom. The highest BCUT2D eigenvalue weighted by molar-refractivity contribution is 6.02. The fourth-order valence-electron chi connectivity index (χ4n) is 3.01. The monoisotopic (exact) mass is 330 g/mol. The van der Waals surface area contributed by atoms with Crippen LogP contribution >= 0.6 is 0 Å². The minimum absolute atomic E-state index is 0.0321. The first kappa shape index (κ1) is 16.5. The van der Waals surface area contributed by atoms with Crippen LogP contribution in [-0.4, -0.2) is 53.3 Å². The Morgan fingerprint density at radius 2 is 1.71 bits per heavy atom. The van der Waals surface area contributed by atoms with E-state index in [1.54, 1.807) is 4.90 Å². The summed E-state index contributed by atoms with van der Waals surface area (Å²) in [6.45, 7) is 5.03. The van der Waals surface area contributed by atoms with Crippen molar-refractivity contribution in [2.24, 2.45) is 0 Å². The molecule has 0 spiro atoms. The number of benzene rings is 1. The van der Waals surface area contributed by atoms with Crippen molar-refractivity contribution in [3.63, 3.8) is 0 Å². The standard InChI is InChI=1S/C18H22N2O4/c1-12(2)13-3-5-15(6-4-13)24-11-18(23)19-9-14(10-19)20-16(21)7-8-17(20)22/h3-6,12,14H,7-11H2,1-2H3. The molecular formula is C18H22N2O4. The summed E-state index contributed by atoms with van der Waals surface area (Å²) in [5.74, 6) is 0.736. The van der Waals surface area contributed by atoms with Crippen LogP contribution < -0.4 is 4.74 Å². The van der Waals surface area contributed by atoms with Crippen LogP contribution in [0.15, 0.2) is 24.3 Å². The largest absolute Gasteiger partial charge is 0.484 e. The average molecular weight is 330 g/mol. The van der Waals surface area contributed by atoms with Gasteiger partial charge in [0, 0.05) is 25.9 Å². The number of hydrogen-bond donors (Lipinski definition) is 0. The van der Waals surface area contributed by atoms with E-state index in [1.165, 1.54) is 10.5 Å². The molecule has 6 heteroatoms. The molecule has 2 heterocycles. The predicted molar refractivity (Wildman–Crippen MR) is 87.5 cm³/mol. The van der Waals surface area contributed by atoms with Crippen molar-refractivity contribution in [1.29, 1.82) is 0 Å². The summed E-state index contributed by atoms with van der Waals surface area (Å²) < 4.78 is 5.52. The number of likely N-dealkylation sites (tertiary alicyclic amines) is 2. The van der Waals surface area contributed by atoms with E-state index >= 15 is 0 Å². The van der Waals surface area contributed by atoms with Crippen LogP contribution in [-0.2, 0) is 14.4 Å². The van der Waals surface area contributed by atoms with Gasteiger partial charge in [0.25, 0.3) is 5.91 Å². The summed E-state index contributed by atoms with van der Waals surface area (Å²) in [7, 11) is 0. The number of hydrogen-bond acceptors (Lipinski definition) is 4. The van der Waals surface area contributed by atoms with Crippen molar-refractivity contribution in [2.45, 2.75) is 38.6 Å². The normalized spacial score (nSPS) is 18.3. The Hall–Kier alpha value is -2.37. The van der Waals surface area contributed by atoms with Crippen LogP contribution in [0.5, 0.6) is 5.75 Å². The molecule has 2 fully saturated rings. The van der Waals surface area contributed by atoms with Crippen LogP contribution in [0.4, 0.5) is 0 Å². The smallest absolute Gasteiger partial charge is 0.260 e. The Kier molecular flexibility index (Phi) is 4.55. The highest BCUT2D eigenvalue weighted by Gasteiger charge is 2.42. The van der Waals surface area contributed by atoms with Gasteiger partial charge in [0.15, 0.2) is 6.61 Å². The van der Waals surface area contributed by atoms with Crippen molar-refractivity contribution < 1.29 is 19.1 Å². The molecule has 2 saturated heterocycles. The van der Waals surface area contributed by atoms with Gasteiger partial charge in [-0.2, -0.15) is 0 Å². The predicted octanol–water partition coefficient (Wildman–Crippen LogP) is 1.55. The van der Waals surface area contributed by atoms with Crippen LogP contribution in [0, 0.1) is 0 Å². The minimum Gasteiger partial charge on any atom is -0.484 e. The summed E-state index contributed by atoms with van der Waals surface area (Å²) in [5, 5.41) is 0. The molecule has 3 amide bonds. The lowest BCUT2D eigenvalue weighted by molar-refractivity contribution is -0.152.